The molecule has 0 unspecified atom stereocenters. The Balaban J connectivity index is 1.87. The van der Waals surface area contributed by atoms with Crippen molar-refractivity contribution < 1.29 is 4.74 Å². The lowest BCUT2D eigenvalue weighted by atomic mass is 10.2. The Morgan fingerprint density at radius 3 is 2.86 bits per heavy atom. The van der Waals surface area contributed by atoms with Crippen molar-refractivity contribution in [2.24, 2.45) is 4.99 Å². The molecule has 0 radical (unpaired) electrons. The molecule has 2 aromatic heterocycles. The molecular formula is C16H22N4OS. The molecule has 0 fully saturated rings. The van der Waals surface area contributed by atoms with Crippen LogP contribution < -0.4 is 15.4 Å². The van der Waals surface area contributed by atoms with E-state index in [1.807, 2.05) is 18.2 Å². The summed E-state index contributed by atoms with van der Waals surface area (Å²) in [5.41, 5.74) is 1.02. The highest BCUT2D eigenvalue weighted by atomic mass is 32.1. The van der Waals surface area contributed by atoms with Gasteiger partial charge >= 0.3 is 0 Å². The molecule has 0 spiro atoms. The number of nitrogens with one attached hydrogen (secondary N) is 2. The number of pyridine rings is 1. The lowest BCUT2D eigenvalue weighted by Gasteiger charge is -2.13. The molecule has 0 atom stereocenters. The Morgan fingerprint density at radius 2 is 2.14 bits per heavy atom. The first kappa shape index (κ1) is 16.3. The van der Waals surface area contributed by atoms with Crippen LogP contribution in [0.2, 0.25) is 0 Å². The lowest BCUT2D eigenvalue weighted by molar-refractivity contribution is 0.301. The van der Waals surface area contributed by atoms with E-state index >= 15 is 0 Å². The van der Waals surface area contributed by atoms with Crippen molar-refractivity contribution in [1.29, 1.82) is 0 Å². The molecule has 0 aliphatic carbocycles. The summed E-state index contributed by atoms with van der Waals surface area (Å²) in [5.74, 6) is 1.45. The number of aliphatic imine (C=N–C) groups is 1. The molecule has 2 N–H and O–H groups in total. The standard InChI is InChI=1S/C16H22N4OS/c1-3-9-21-15-13(6-4-8-18-15)11-19-16(17-2)20-12-14-7-5-10-22-14/h4-8,10H,3,9,11-12H2,1-2H3,(H2,17,19,20). The predicted molar refractivity (Wildman–Crippen MR) is 91.4 cm³/mol. The van der Waals surface area contributed by atoms with Gasteiger partial charge in [-0.1, -0.05) is 19.1 Å². The maximum Gasteiger partial charge on any atom is 0.218 e. The van der Waals surface area contributed by atoms with E-state index in [9.17, 15) is 0 Å². The Labute approximate surface area is 135 Å². The summed E-state index contributed by atoms with van der Waals surface area (Å²) >= 11 is 1.73. The SMILES string of the molecule is CCCOc1ncccc1CNC(=NC)NCc1cccs1. The molecule has 118 valence electrons. The summed E-state index contributed by atoms with van der Waals surface area (Å²) < 4.78 is 5.66. The van der Waals surface area contributed by atoms with E-state index in [1.54, 1.807) is 24.6 Å². The number of nitrogens with zero attached hydrogens (tertiary/aromatic N) is 2. The molecule has 0 saturated carbocycles. The van der Waals surface area contributed by atoms with E-state index in [1.165, 1.54) is 4.88 Å². The summed E-state index contributed by atoms with van der Waals surface area (Å²) in [7, 11) is 1.77. The van der Waals surface area contributed by atoms with E-state index in [-0.39, 0.29) is 0 Å². The summed E-state index contributed by atoms with van der Waals surface area (Å²) in [5, 5.41) is 8.65. The van der Waals surface area contributed by atoms with Gasteiger partial charge in [-0.3, -0.25) is 4.99 Å². The van der Waals surface area contributed by atoms with Crippen molar-refractivity contribution in [3.63, 3.8) is 0 Å². The number of ether oxygens (including phenoxy) is 1. The van der Waals surface area contributed by atoms with Gasteiger partial charge in [-0.25, -0.2) is 4.98 Å². The minimum absolute atomic E-state index is 0.622. The Hall–Kier alpha value is -2.08. The molecule has 22 heavy (non-hydrogen) atoms. The fourth-order valence-electron chi connectivity index (χ4n) is 1.87. The molecule has 0 bridgehead atoms. The maximum absolute atomic E-state index is 5.66. The molecule has 0 amide bonds. The maximum atomic E-state index is 5.66. The second-order valence-electron chi connectivity index (χ2n) is 4.67. The minimum Gasteiger partial charge on any atom is -0.477 e. The minimum atomic E-state index is 0.622. The second-order valence-corrected chi connectivity index (χ2v) is 5.71. The van der Waals surface area contributed by atoms with Gasteiger partial charge in [-0.2, -0.15) is 0 Å². The van der Waals surface area contributed by atoms with E-state index in [0.717, 1.165) is 24.5 Å². The third kappa shape index (κ3) is 5.04. The van der Waals surface area contributed by atoms with Crippen molar-refractivity contribution in [2.45, 2.75) is 26.4 Å². The molecular weight excluding hydrogens is 296 g/mol. The zero-order valence-corrected chi connectivity index (χ0v) is 13.8. The number of thiophene rings is 1. The number of rotatable bonds is 7. The highest BCUT2D eigenvalue weighted by Gasteiger charge is 2.06. The van der Waals surface area contributed by atoms with Gasteiger partial charge in [-0.05, 0) is 23.9 Å². The fraction of sp³-hybridized carbons (Fsp3) is 0.375. The number of aromatic nitrogens is 1. The van der Waals surface area contributed by atoms with Crippen LogP contribution in [0.1, 0.15) is 23.8 Å². The number of hydrogen-bond donors (Lipinski definition) is 2. The van der Waals surface area contributed by atoms with Crippen LogP contribution in [0.25, 0.3) is 0 Å². The summed E-state index contributed by atoms with van der Waals surface area (Å²) in [6.07, 6.45) is 2.71. The van der Waals surface area contributed by atoms with Gasteiger partial charge in [0.05, 0.1) is 13.2 Å². The first-order valence-corrected chi connectivity index (χ1v) is 8.25. The van der Waals surface area contributed by atoms with E-state index in [4.69, 9.17) is 4.74 Å². The molecule has 0 saturated heterocycles. The molecule has 2 heterocycles. The van der Waals surface area contributed by atoms with Crippen molar-refractivity contribution in [1.82, 2.24) is 15.6 Å². The summed E-state index contributed by atoms with van der Waals surface area (Å²) in [6, 6.07) is 8.07. The fourth-order valence-corrected chi connectivity index (χ4v) is 2.52. The van der Waals surface area contributed by atoms with Crippen LogP contribution in [0.15, 0.2) is 40.8 Å². The van der Waals surface area contributed by atoms with Crippen LogP contribution in [0.3, 0.4) is 0 Å². The quantitative estimate of drug-likeness (QED) is 0.609. The largest absolute Gasteiger partial charge is 0.477 e. The third-order valence-electron chi connectivity index (χ3n) is 2.97. The van der Waals surface area contributed by atoms with Gasteiger partial charge in [0.25, 0.3) is 0 Å². The van der Waals surface area contributed by atoms with Crippen molar-refractivity contribution >= 4 is 17.3 Å². The lowest BCUT2D eigenvalue weighted by Crippen LogP contribution is -2.36. The van der Waals surface area contributed by atoms with Crippen LogP contribution >= 0.6 is 11.3 Å². The average molecular weight is 318 g/mol. The van der Waals surface area contributed by atoms with Gasteiger partial charge in [0.1, 0.15) is 0 Å². The van der Waals surface area contributed by atoms with Gasteiger partial charge in [0, 0.05) is 30.2 Å². The third-order valence-corrected chi connectivity index (χ3v) is 3.85. The topological polar surface area (TPSA) is 58.5 Å². The second kappa shape index (κ2) is 9.04. The van der Waals surface area contributed by atoms with Crippen molar-refractivity contribution in [3.05, 3.63) is 46.3 Å². The molecule has 0 aliphatic heterocycles. The van der Waals surface area contributed by atoms with Crippen LogP contribution in [0.4, 0.5) is 0 Å². The monoisotopic (exact) mass is 318 g/mol. The summed E-state index contributed by atoms with van der Waals surface area (Å²) in [4.78, 5) is 9.79. The number of hydrogen-bond acceptors (Lipinski definition) is 4. The van der Waals surface area contributed by atoms with Crippen LogP contribution in [0, 0.1) is 0 Å². The van der Waals surface area contributed by atoms with Gasteiger partial charge < -0.3 is 15.4 Å². The molecule has 6 heteroatoms. The first-order valence-electron chi connectivity index (χ1n) is 7.37. The highest BCUT2D eigenvalue weighted by molar-refractivity contribution is 7.09. The Bertz CT molecular complexity index is 584. The Morgan fingerprint density at radius 1 is 1.27 bits per heavy atom. The van der Waals surface area contributed by atoms with Gasteiger partial charge in [0.2, 0.25) is 5.88 Å². The summed E-state index contributed by atoms with van der Waals surface area (Å²) in [6.45, 7) is 4.15. The number of guanidine groups is 1. The van der Waals surface area contributed by atoms with Crippen LogP contribution in [-0.2, 0) is 13.1 Å². The smallest absolute Gasteiger partial charge is 0.218 e. The molecule has 5 nitrogen and oxygen atoms in total. The molecule has 2 rings (SSSR count). The van der Waals surface area contributed by atoms with Crippen LogP contribution in [-0.4, -0.2) is 24.6 Å². The van der Waals surface area contributed by atoms with E-state index in [2.05, 4.69) is 39.0 Å². The zero-order chi connectivity index (χ0) is 15.6. The predicted octanol–water partition coefficient (Wildman–Crippen LogP) is 2.80. The highest BCUT2D eigenvalue weighted by Crippen LogP contribution is 2.14. The normalized spacial score (nSPS) is 11.3. The van der Waals surface area contributed by atoms with Crippen molar-refractivity contribution in [2.75, 3.05) is 13.7 Å². The van der Waals surface area contributed by atoms with E-state index < -0.39 is 0 Å². The zero-order valence-electron chi connectivity index (χ0n) is 13.0. The first-order chi connectivity index (χ1) is 10.8. The average Bonchev–Trinajstić information content (AvgIpc) is 3.07. The van der Waals surface area contributed by atoms with Gasteiger partial charge in [-0.15, -0.1) is 11.3 Å². The van der Waals surface area contributed by atoms with Crippen molar-refractivity contribution in [3.8, 4) is 5.88 Å². The van der Waals surface area contributed by atoms with Gasteiger partial charge in [0.15, 0.2) is 5.96 Å². The van der Waals surface area contributed by atoms with Crippen LogP contribution in [0.5, 0.6) is 5.88 Å². The molecule has 0 aliphatic rings. The molecule has 2 aromatic rings. The molecule has 0 aromatic carbocycles. The van der Waals surface area contributed by atoms with E-state index in [0.29, 0.717) is 19.0 Å². The Kier molecular flexibility index (Phi) is 6.70.